The summed E-state index contributed by atoms with van der Waals surface area (Å²) in [6.07, 6.45) is 13.4. The molecule has 34 heavy (non-hydrogen) atoms. The second-order valence-corrected chi connectivity index (χ2v) is 15.3. The van der Waals surface area contributed by atoms with Gasteiger partial charge in [0.05, 0.1) is 0 Å². The van der Waals surface area contributed by atoms with Gasteiger partial charge in [0, 0.05) is 12.3 Å². The molecule has 0 aromatic rings. The molecule has 0 aliphatic heterocycles. The molecule has 2 heteroatoms. The molecule has 0 unspecified atom stereocenters. The smallest absolute Gasteiger partial charge is 0.302 e. The van der Waals surface area contributed by atoms with Crippen LogP contribution in [0.1, 0.15) is 120 Å². The first-order valence-corrected chi connectivity index (χ1v) is 14.5. The summed E-state index contributed by atoms with van der Waals surface area (Å²) in [6, 6.07) is 0. The minimum absolute atomic E-state index is 0.0550. The monoisotopic (exact) mass is 468 g/mol. The van der Waals surface area contributed by atoms with Gasteiger partial charge in [-0.25, -0.2) is 0 Å². The molecular formula is C32H52O2. The van der Waals surface area contributed by atoms with Gasteiger partial charge in [0.15, 0.2) is 0 Å². The van der Waals surface area contributed by atoms with Crippen LogP contribution in [0.5, 0.6) is 0 Å². The fraction of sp³-hybridized carbons (Fsp3) is 0.906. The number of hydrogen-bond acceptors (Lipinski definition) is 2. The third-order valence-electron chi connectivity index (χ3n) is 13.7. The lowest BCUT2D eigenvalue weighted by Gasteiger charge is -2.73. The fourth-order valence-corrected chi connectivity index (χ4v) is 11.9. The van der Waals surface area contributed by atoms with Gasteiger partial charge in [0.2, 0.25) is 0 Å². The molecule has 0 bridgehead atoms. The van der Waals surface area contributed by atoms with Crippen LogP contribution in [-0.4, -0.2) is 12.1 Å². The second-order valence-electron chi connectivity index (χ2n) is 15.3. The van der Waals surface area contributed by atoms with Crippen molar-refractivity contribution >= 4 is 5.97 Å². The van der Waals surface area contributed by atoms with Crippen molar-refractivity contribution in [3.05, 3.63) is 12.2 Å². The van der Waals surface area contributed by atoms with E-state index < -0.39 is 0 Å². The van der Waals surface area contributed by atoms with E-state index in [1.165, 1.54) is 63.4 Å². The summed E-state index contributed by atoms with van der Waals surface area (Å²) in [6.45, 7) is 23.9. The standard InChI is InChI=1S/C32H52O2/c1-20(2)22-12-15-29(6)18-19-31(8)23(27(22)29)10-11-25-30(7)16-14-26(34-21(3)33)28(4,5)24(30)13-17-32(25,31)9/h22-27H,1,10-19H2,2-9H3/t22-,23+,24-,25+,26-,27+,29+,30+,31+,32-/m0/s1. The molecule has 0 radical (unpaired) electrons. The zero-order chi connectivity index (χ0) is 24.9. The van der Waals surface area contributed by atoms with E-state index >= 15 is 0 Å². The summed E-state index contributed by atoms with van der Waals surface area (Å²) in [5, 5.41) is 0. The van der Waals surface area contributed by atoms with Crippen molar-refractivity contribution < 1.29 is 9.53 Å². The summed E-state index contributed by atoms with van der Waals surface area (Å²) in [5.41, 5.74) is 3.23. The van der Waals surface area contributed by atoms with Gasteiger partial charge in [-0.3, -0.25) is 4.79 Å². The Morgan fingerprint density at radius 3 is 2.12 bits per heavy atom. The van der Waals surface area contributed by atoms with Crippen molar-refractivity contribution in [2.75, 3.05) is 0 Å². The van der Waals surface area contributed by atoms with Gasteiger partial charge in [-0.1, -0.05) is 53.7 Å². The van der Waals surface area contributed by atoms with E-state index in [0.29, 0.717) is 27.6 Å². The van der Waals surface area contributed by atoms with Crippen molar-refractivity contribution in [3.63, 3.8) is 0 Å². The van der Waals surface area contributed by atoms with E-state index in [-0.39, 0.29) is 17.5 Å². The van der Waals surface area contributed by atoms with Gasteiger partial charge >= 0.3 is 5.97 Å². The van der Waals surface area contributed by atoms with Crippen LogP contribution in [0.15, 0.2) is 12.2 Å². The van der Waals surface area contributed by atoms with Crippen LogP contribution in [0.3, 0.4) is 0 Å². The molecule has 0 aromatic heterocycles. The molecule has 0 amide bonds. The summed E-state index contributed by atoms with van der Waals surface area (Å²) < 4.78 is 5.91. The molecule has 0 heterocycles. The van der Waals surface area contributed by atoms with E-state index in [1.807, 2.05) is 0 Å². The van der Waals surface area contributed by atoms with Crippen LogP contribution in [-0.2, 0) is 9.53 Å². The molecule has 0 saturated heterocycles. The number of allylic oxidation sites excluding steroid dienone is 1. The lowest BCUT2D eigenvalue weighted by atomic mass is 9.32. The average molecular weight is 469 g/mol. The molecule has 5 aliphatic carbocycles. The minimum Gasteiger partial charge on any atom is -0.462 e. The summed E-state index contributed by atoms with van der Waals surface area (Å²) in [4.78, 5) is 11.9. The SMILES string of the molecule is C=C(C)[C@@H]1CC[C@]2(C)CC[C@]3(C)[C@H](CC[C@@H]4[C@]5(C)CC[C@H](OC(C)=O)C(C)(C)[C@@H]5CC[C@@]43C)[C@@H]12. The highest BCUT2D eigenvalue weighted by molar-refractivity contribution is 5.66. The van der Waals surface area contributed by atoms with Crippen molar-refractivity contribution in [2.45, 2.75) is 126 Å². The van der Waals surface area contributed by atoms with Crippen molar-refractivity contribution in [2.24, 2.45) is 56.7 Å². The van der Waals surface area contributed by atoms with Crippen LogP contribution in [0, 0.1) is 56.7 Å². The normalized spacial score (nSPS) is 53.6. The Labute approximate surface area is 210 Å². The van der Waals surface area contributed by atoms with Crippen LogP contribution in [0.2, 0.25) is 0 Å². The molecule has 0 aromatic carbocycles. The Morgan fingerprint density at radius 2 is 1.47 bits per heavy atom. The quantitative estimate of drug-likeness (QED) is 0.299. The van der Waals surface area contributed by atoms with Gasteiger partial charge in [-0.05, 0) is 122 Å². The summed E-state index contributed by atoms with van der Waals surface area (Å²) in [5.74, 6) is 3.74. The molecule has 0 spiro atoms. The Bertz CT molecular complexity index is 872. The maximum absolute atomic E-state index is 11.9. The Morgan fingerprint density at radius 1 is 0.765 bits per heavy atom. The Balaban J connectivity index is 1.50. The second kappa shape index (κ2) is 7.61. The van der Waals surface area contributed by atoms with Gasteiger partial charge < -0.3 is 4.74 Å². The molecular weight excluding hydrogens is 416 g/mol. The molecule has 2 nitrogen and oxygen atoms in total. The van der Waals surface area contributed by atoms with Crippen LogP contribution < -0.4 is 0 Å². The maximum atomic E-state index is 11.9. The predicted octanol–water partition coefficient (Wildman–Crippen LogP) is 8.60. The average Bonchev–Trinajstić information content (AvgIpc) is 3.08. The van der Waals surface area contributed by atoms with Gasteiger partial charge in [-0.15, -0.1) is 0 Å². The maximum Gasteiger partial charge on any atom is 0.302 e. The Hall–Kier alpha value is -0.790. The highest BCUT2D eigenvalue weighted by Crippen LogP contribution is 2.77. The molecule has 5 saturated carbocycles. The number of carbonyl (C=O) groups is 1. The van der Waals surface area contributed by atoms with E-state index in [4.69, 9.17) is 4.74 Å². The number of ether oxygens (including phenoxy) is 1. The van der Waals surface area contributed by atoms with Crippen molar-refractivity contribution in [1.82, 2.24) is 0 Å². The zero-order valence-electron chi connectivity index (χ0n) is 23.6. The van der Waals surface area contributed by atoms with E-state index in [1.54, 1.807) is 6.92 Å². The number of fused-ring (bicyclic) bond motifs is 7. The first-order chi connectivity index (χ1) is 15.7. The lowest BCUT2D eigenvalue weighted by Crippen LogP contribution is -2.66. The number of rotatable bonds is 2. The number of carbonyl (C=O) groups excluding carboxylic acids is 1. The summed E-state index contributed by atoms with van der Waals surface area (Å²) >= 11 is 0. The van der Waals surface area contributed by atoms with E-state index in [0.717, 1.165) is 30.1 Å². The van der Waals surface area contributed by atoms with Crippen LogP contribution in [0.4, 0.5) is 0 Å². The van der Waals surface area contributed by atoms with E-state index in [2.05, 4.69) is 55.0 Å². The highest BCUT2D eigenvalue weighted by Gasteiger charge is 2.70. The molecule has 5 fully saturated rings. The van der Waals surface area contributed by atoms with Crippen molar-refractivity contribution in [3.8, 4) is 0 Å². The largest absolute Gasteiger partial charge is 0.462 e. The summed E-state index contributed by atoms with van der Waals surface area (Å²) in [7, 11) is 0. The van der Waals surface area contributed by atoms with Crippen LogP contribution >= 0.6 is 0 Å². The van der Waals surface area contributed by atoms with Gasteiger partial charge in [-0.2, -0.15) is 0 Å². The third kappa shape index (κ3) is 3.08. The number of esters is 1. The molecule has 0 N–H and O–H groups in total. The Kier molecular flexibility index (Phi) is 5.57. The first kappa shape index (κ1) is 24.9. The predicted molar refractivity (Wildman–Crippen MR) is 140 cm³/mol. The molecule has 5 aliphatic rings. The fourth-order valence-electron chi connectivity index (χ4n) is 11.9. The van der Waals surface area contributed by atoms with E-state index in [9.17, 15) is 4.79 Å². The molecule has 5 rings (SSSR count). The topological polar surface area (TPSA) is 26.3 Å². The molecule has 192 valence electrons. The first-order valence-electron chi connectivity index (χ1n) is 14.5. The zero-order valence-corrected chi connectivity index (χ0v) is 23.6. The highest BCUT2D eigenvalue weighted by atomic mass is 16.5. The van der Waals surface area contributed by atoms with Gasteiger partial charge in [0.1, 0.15) is 6.10 Å². The minimum atomic E-state index is -0.107. The number of hydrogen-bond donors (Lipinski definition) is 0. The van der Waals surface area contributed by atoms with Crippen LogP contribution in [0.25, 0.3) is 0 Å². The van der Waals surface area contributed by atoms with Crippen molar-refractivity contribution in [1.29, 1.82) is 0 Å². The van der Waals surface area contributed by atoms with Gasteiger partial charge in [0.25, 0.3) is 0 Å². The molecule has 10 atom stereocenters. The third-order valence-corrected chi connectivity index (χ3v) is 13.7. The lowest BCUT2D eigenvalue weighted by molar-refractivity contribution is -0.248.